The van der Waals surface area contributed by atoms with Crippen LogP contribution >= 0.6 is 0 Å². The fraction of sp³-hybridized carbons (Fsp3) is 0.455. The van der Waals surface area contributed by atoms with Gasteiger partial charge in [-0.2, -0.15) is 0 Å². The maximum absolute atomic E-state index is 12.0. The maximum Gasteiger partial charge on any atom is 0.416 e. The van der Waals surface area contributed by atoms with Gasteiger partial charge in [-0.15, -0.1) is 0 Å². The van der Waals surface area contributed by atoms with E-state index in [-0.39, 0.29) is 11.8 Å². The number of ether oxygens (including phenoxy) is 1. The van der Waals surface area contributed by atoms with Crippen LogP contribution in [0.2, 0.25) is 0 Å². The van der Waals surface area contributed by atoms with Crippen molar-refractivity contribution < 1.29 is 14.3 Å². The number of hydrogen-bond acceptors (Lipinski definition) is 3. The number of amides is 2. The predicted octanol–water partition coefficient (Wildman–Crippen LogP) is 1.10. The second kappa shape index (κ2) is 2.95. The number of rotatable bonds is 1. The van der Waals surface area contributed by atoms with Crippen molar-refractivity contribution in [2.45, 2.75) is 6.42 Å². The van der Waals surface area contributed by atoms with Crippen molar-refractivity contribution >= 4 is 12.0 Å². The Bertz CT molecular complexity index is 397. The molecule has 4 heteroatoms. The number of imide groups is 1. The first-order valence-electron chi connectivity index (χ1n) is 5.14. The highest BCUT2D eigenvalue weighted by atomic mass is 16.6. The molecule has 1 saturated heterocycles. The Labute approximate surface area is 87.2 Å². The highest BCUT2D eigenvalue weighted by Crippen LogP contribution is 2.39. The van der Waals surface area contributed by atoms with Gasteiger partial charge in [0, 0.05) is 11.5 Å². The van der Waals surface area contributed by atoms with Gasteiger partial charge in [0.2, 0.25) is 0 Å². The number of fused-ring (bicyclic) bond motifs is 2. The molecular formula is C11H11NO3. The van der Waals surface area contributed by atoms with Crippen molar-refractivity contribution in [2.75, 3.05) is 13.2 Å². The van der Waals surface area contributed by atoms with E-state index >= 15 is 0 Å². The Hall–Kier alpha value is -1.58. The summed E-state index contributed by atoms with van der Waals surface area (Å²) in [4.78, 5) is 24.4. The van der Waals surface area contributed by atoms with Crippen LogP contribution in [0.5, 0.6) is 0 Å². The third-order valence-electron chi connectivity index (χ3n) is 3.16. The van der Waals surface area contributed by atoms with Crippen molar-refractivity contribution in [2.24, 2.45) is 11.8 Å². The smallest absolute Gasteiger partial charge is 0.416 e. The first-order valence-corrected chi connectivity index (χ1v) is 5.14. The number of hydrogen-bond donors (Lipinski definition) is 0. The van der Waals surface area contributed by atoms with Crippen LogP contribution in [0.25, 0.3) is 0 Å². The Morgan fingerprint density at radius 1 is 1.47 bits per heavy atom. The normalized spacial score (nSPS) is 32.1. The molecule has 1 heterocycles. The summed E-state index contributed by atoms with van der Waals surface area (Å²) in [7, 11) is 0. The van der Waals surface area contributed by atoms with Crippen LogP contribution in [-0.4, -0.2) is 30.1 Å². The fourth-order valence-corrected chi connectivity index (χ4v) is 2.40. The minimum absolute atomic E-state index is 0.172. The van der Waals surface area contributed by atoms with Gasteiger partial charge in [-0.1, -0.05) is 18.2 Å². The quantitative estimate of drug-likeness (QED) is 0.602. The van der Waals surface area contributed by atoms with Crippen molar-refractivity contribution in [3.8, 4) is 0 Å². The molecule has 0 saturated carbocycles. The molecular weight excluding hydrogens is 194 g/mol. The van der Waals surface area contributed by atoms with Crippen molar-refractivity contribution in [1.82, 2.24) is 4.90 Å². The summed E-state index contributed by atoms with van der Waals surface area (Å²) < 4.78 is 4.75. The van der Waals surface area contributed by atoms with Crippen molar-refractivity contribution in [3.05, 3.63) is 23.8 Å². The molecule has 0 aromatic heterocycles. The molecule has 0 spiro atoms. The zero-order chi connectivity index (χ0) is 10.4. The second-order valence-corrected chi connectivity index (χ2v) is 4.08. The molecule has 2 aliphatic carbocycles. The van der Waals surface area contributed by atoms with Gasteiger partial charge in [0.05, 0.1) is 6.54 Å². The summed E-state index contributed by atoms with van der Waals surface area (Å²) in [6.45, 7) is 0.706. The largest absolute Gasteiger partial charge is 0.447 e. The van der Waals surface area contributed by atoms with Crippen LogP contribution in [0.1, 0.15) is 6.42 Å². The lowest BCUT2D eigenvalue weighted by atomic mass is 10.0. The zero-order valence-corrected chi connectivity index (χ0v) is 8.18. The van der Waals surface area contributed by atoms with Gasteiger partial charge >= 0.3 is 6.09 Å². The molecule has 15 heavy (non-hydrogen) atoms. The summed E-state index contributed by atoms with van der Waals surface area (Å²) in [6.07, 6.45) is 6.62. The molecule has 2 unspecified atom stereocenters. The van der Waals surface area contributed by atoms with Crippen molar-refractivity contribution in [3.63, 3.8) is 0 Å². The lowest BCUT2D eigenvalue weighted by molar-refractivity contribution is -0.124. The van der Waals surface area contributed by atoms with E-state index in [1.165, 1.54) is 4.90 Å². The van der Waals surface area contributed by atoms with E-state index in [0.717, 1.165) is 12.0 Å². The fourth-order valence-electron chi connectivity index (χ4n) is 2.40. The molecule has 2 amide bonds. The Morgan fingerprint density at radius 3 is 2.87 bits per heavy atom. The molecule has 0 N–H and O–H groups in total. The summed E-state index contributed by atoms with van der Waals surface area (Å²) in [5.74, 6) is 0.442. The average Bonchev–Trinajstić information content (AvgIpc) is 2.91. The second-order valence-electron chi connectivity index (χ2n) is 4.08. The van der Waals surface area contributed by atoms with Crippen LogP contribution in [0.4, 0.5) is 4.79 Å². The Morgan fingerprint density at radius 2 is 2.33 bits per heavy atom. The molecule has 2 bridgehead atoms. The molecule has 0 radical (unpaired) electrons. The molecule has 4 nitrogen and oxygen atoms in total. The van der Waals surface area contributed by atoms with Gasteiger partial charge in [-0.3, -0.25) is 4.79 Å². The third kappa shape index (κ3) is 1.21. The van der Waals surface area contributed by atoms with Gasteiger partial charge in [0.25, 0.3) is 5.91 Å². The number of carbonyl (C=O) groups excluding carboxylic acids is 2. The Balaban J connectivity index is 1.81. The van der Waals surface area contributed by atoms with Crippen LogP contribution in [-0.2, 0) is 9.53 Å². The van der Waals surface area contributed by atoms with Crippen LogP contribution in [0.15, 0.2) is 23.8 Å². The van der Waals surface area contributed by atoms with E-state index in [9.17, 15) is 9.59 Å². The first-order chi connectivity index (χ1) is 7.25. The SMILES string of the molecule is O=C1OCCN1C(=O)C1=CC2C=CC1C2. The lowest BCUT2D eigenvalue weighted by Gasteiger charge is -2.14. The summed E-state index contributed by atoms with van der Waals surface area (Å²) in [5.41, 5.74) is 0.765. The van der Waals surface area contributed by atoms with Gasteiger partial charge in [-0.25, -0.2) is 9.69 Å². The van der Waals surface area contributed by atoms with E-state index in [2.05, 4.69) is 12.2 Å². The molecule has 3 rings (SSSR count). The minimum atomic E-state index is -0.507. The standard InChI is InChI=1S/C11H11NO3/c13-10(12-3-4-15-11(12)14)9-6-7-1-2-8(9)5-7/h1-2,6-8H,3-5H2. The van der Waals surface area contributed by atoms with E-state index in [0.29, 0.717) is 19.1 Å². The highest BCUT2D eigenvalue weighted by molar-refractivity contribution is 6.04. The zero-order valence-electron chi connectivity index (χ0n) is 8.18. The molecule has 3 aliphatic rings. The van der Waals surface area contributed by atoms with Crippen molar-refractivity contribution in [1.29, 1.82) is 0 Å². The topological polar surface area (TPSA) is 46.6 Å². The molecule has 1 aliphatic heterocycles. The monoisotopic (exact) mass is 205 g/mol. The Kier molecular flexibility index (Phi) is 1.71. The predicted molar refractivity (Wildman–Crippen MR) is 51.9 cm³/mol. The first kappa shape index (κ1) is 8.71. The van der Waals surface area contributed by atoms with Gasteiger partial charge < -0.3 is 4.74 Å². The average molecular weight is 205 g/mol. The maximum atomic E-state index is 12.0. The summed E-state index contributed by atoms with van der Waals surface area (Å²) >= 11 is 0. The number of nitrogens with zero attached hydrogens (tertiary/aromatic N) is 1. The highest BCUT2D eigenvalue weighted by Gasteiger charge is 2.37. The van der Waals surface area contributed by atoms with Gasteiger partial charge in [-0.05, 0) is 12.3 Å². The van der Waals surface area contributed by atoms with Gasteiger partial charge in [0.1, 0.15) is 6.61 Å². The summed E-state index contributed by atoms with van der Waals surface area (Å²) in [5, 5.41) is 0. The van der Waals surface area contributed by atoms with Crippen LogP contribution < -0.4 is 0 Å². The van der Waals surface area contributed by atoms with E-state index in [1.807, 2.05) is 6.08 Å². The molecule has 2 atom stereocenters. The molecule has 78 valence electrons. The number of allylic oxidation sites excluding steroid dienone is 3. The van der Waals surface area contributed by atoms with E-state index in [4.69, 9.17) is 4.74 Å². The molecule has 0 aromatic rings. The minimum Gasteiger partial charge on any atom is -0.447 e. The molecule has 1 fully saturated rings. The van der Waals surface area contributed by atoms with Crippen LogP contribution in [0.3, 0.4) is 0 Å². The van der Waals surface area contributed by atoms with Gasteiger partial charge in [0.15, 0.2) is 0 Å². The third-order valence-corrected chi connectivity index (χ3v) is 3.16. The van der Waals surface area contributed by atoms with Crippen LogP contribution in [0, 0.1) is 11.8 Å². The van der Waals surface area contributed by atoms with E-state index in [1.54, 1.807) is 0 Å². The lowest BCUT2D eigenvalue weighted by Crippen LogP contribution is -2.33. The molecule has 0 aromatic carbocycles. The van der Waals surface area contributed by atoms with E-state index < -0.39 is 6.09 Å². The number of carbonyl (C=O) groups is 2. The summed E-state index contributed by atoms with van der Waals surface area (Å²) in [6, 6.07) is 0. The number of cyclic esters (lactones) is 1.